The monoisotopic (exact) mass is 526 g/mol. The Morgan fingerprint density at radius 1 is 0.731 bits per heavy atom. The highest BCUT2D eigenvalue weighted by atomic mass is 79.9. The molecule has 10 heteroatoms. The van der Waals surface area contributed by atoms with Crippen LogP contribution in [0.5, 0.6) is 0 Å². The molecule has 2 rings (SSSR count). The number of hydrogen-bond donors (Lipinski definition) is 0. The standard InChI is InChI=1S/C16H16Br2O6S2/c1-3-23-25(19,20)15-9-11(5-7-13(15)17)12-6-8-14(18)16(10-12)26(21,22)24-4-2/h5-10H,3-4H2,1-2H3. The smallest absolute Gasteiger partial charge is 0.267 e. The lowest BCUT2D eigenvalue weighted by Crippen LogP contribution is -2.08. The van der Waals surface area contributed by atoms with E-state index in [0.717, 1.165) is 0 Å². The second-order valence-electron chi connectivity index (χ2n) is 5.01. The van der Waals surface area contributed by atoms with E-state index in [2.05, 4.69) is 31.9 Å². The van der Waals surface area contributed by atoms with Gasteiger partial charge in [0, 0.05) is 8.95 Å². The highest BCUT2D eigenvalue weighted by Crippen LogP contribution is 2.33. The number of rotatable bonds is 7. The molecule has 2 aromatic carbocycles. The fourth-order valence-corrected chi connectivity index (χ4v) is 5.90. The lowest BCUT2D eigenvalue weighted by molar-refractivity contribution is 0.336. The quantitative estimate of drug-likeness (QED) is 0.498. The van der Waals surface area contributed by atoms with Crippen molar-refractivity contribution in [2.45, 2.75) is 23.6 Å². The zero-order chi connectivity index (χ0) is 19.5. The van der Waals surface area contributed by atoms with Gasteiger partial charge in [0.15, 0.2) is 0 Å². The summed E-state index contributed by atoms with van der Waals surface area (Å²) >= 11 is 6.41. The van der Waals surface area contributed by atoms with E-state index in [1.165, 1.54) is 12.1 Å². The second-order valence-corrected chi connectivity index (χ2v) is 9.89. The fourth-order valence-electron chi connectivity index (χ4n) is 2.19. The first-order valence-electron chi connectivity index (χ1n) is 7.50. The van der Waals surface area contributed by atoms with Crippen LogP contribution in [0.2, 0.25) is 0 Å². The van der Waals surface area contributed by atoms with E-state index in [0.29, 0.717) is 20.1 Å². The van der Waals surface area contributed by atoms with Crippen LogP contribution in [0.25, 0.3) is 11.1 Å². The van der Waals surface area contributed by atoms with E-state index in [4.69, 9.17) is 8.37 Å². The molecule has 26 heavy (non-hydrogen) atoms. The van der Waals surface area contributed by atoms with Crippen molar-refractivity contribution < 1.29 is 25.2 Å². The Labute approximate surface area is 170 Å². The van der Waals surface area contributed by atoms with Crippen LogP contribution in [0.3, 0.4) is 0 Å². The third kappa shape index (κ3) is 4.73. The lowest BCUT2D eigenvalue weighted by Gasteiger charge is -2.11. The normalized spacial score (nSPS) is 12.3. The molecule has 0 aliphatic heterocycles. The largest absolute Gasteiger partial charge is 0.298 e. The maximum Gasteiger partial charge on any atom is 0.298 e. The van der Waals surface area contributed by atoms with Crippen molar-refractivity contribution in [1.29, 1.82) is 0 Å². The van der Waals surface area contributed by atoms with E-state index < -0.39 is 20.2 Å². The molecule has 0 aliphatic rings. The molecular formula is C16H16Br2O6S2. The molecular weight excluding hydrogens is 512 g/mol. The molecule has 0 fully saturated rings. The minimum absolute atomic E-state index is 0.00797. The van der Waals surface area contributed by atoms with Crippen LogP contribution in [-0.4, -0.2) is 30.0 Å². The summed E-state index contributed by atoms with van der Waals surface area (Å²) in [5.74, 6) is 0. The SMILES string of the molecule is CCOS(=O)(=O)c1cc(-c2ccc(Br)c(S(=O)(=O)OCC)c2)ccc1Br. The predicted molar refractivity (Wildman–Crippen MR) is 105 cm³/mol. The van der Waals surface area contributed by atoms with Crippen molar-refractivity contribution >= 4 is 52.1 Å². The van der Waals surface area contributed by atoms with E-state index in [1.807, 2.05) is 0 Å². The number of halogens is 2. The van der Waals surface area contributed by atoms with Crippen molar-refractivity contribution in [3.8, 4) is 11.1 Å². The third-order valence-electron chi connectivity index (χ3n) is 3.28. The summed E-state index contributed by atoms with van der Waals surface area (Å²) < 4.78 is 59.3. The zero-order valence-electron chi connectivity index (χ0n) is 13.9. The van der Waals surface area contributed by atoms with Crippen LogP contribution >= 0.6 is 31.9 Å². The van der Waals surface area contributed by atoms with Gasteiger partial charge in [0.05, 0.1) is 13.2 Å². The number of hydrogen-bond acceptors (Lipinski definition) is 6. The summed E-state index contributed by atoms with van der Waals surface area (Å²) in [6.45, 7) is 3.17. The minimum Gasteiger partial charge on any atom is -0.267 e. The van der Waals surface area contributed by atoms with E-state index >= 15 is 0 Å². The first-order chi connectivity index (χ1) is 12.1. The molecule has 0 unspecified atom stereocenters. The van der Waals surface area contributed by atoms with E-state index in [1.54, 1.807) is 38.1 Å². The average molecular weight is 528 g/mol. The Hall–Kier alpha value is -0.780. The molecule has 0 amide bonds. The van der Waals surface area contributed by atoms with Crippen molar-refractivity contribution in [2.24, 2.45) is 0 Å². The first kappa shape index (κ1) is 21.5. The summed E-state index contributed by atoms with van der Waals surface area (Å²) in [5, 5.41) is 0. The second kappa shape index (κ2) is 8.49. The van der Waals surface area contributed by atoms with E-state index in [-0.39, 0.29) is 23.0 Å². The Kier molecular flexibility index (Phi) is 7.03. The highest BCUT2D eigenvalue weighted by Gasteiger charge is 2.21. The maximum absolute atomic E-state index is 12.2. The van der Waals surface area contributed by atoms with Crippen LogP contribution in [0.4, 0.5) is 0 Å². The van der Waals surface area contributed by atoms with Crippen molar-refractivity contribution in [3.05, 3.63) is 45.3 Å². The van der Waals surface area contributed by atoms with Crippen LogP contribution in [-0.2, 0) is 28.6 Å². The molecule has 0 radical (unpaired) electrons. The van der Waals surface area contributed by atoms with Gasteiger partial charge in [-0.1, -0.05) is 12.1 Å². The predicted octanol–water partition coefficient (Wildman–Crippen LogP) is 4.33. The molecule has 0 saturated carbocycles. The van der Waals surface area contributed by atoms with Crippen molar-refractivity contribution in [2.75, 3.05) is 13.2 Å². The Bertz CT molecular complexity index is 934. The van der Waals surface area contributed by atoms with Crippen LogP contribution < -0.4 is 0 Å². The molecule has 0 N–H and O–H groups in total. The fraction of sp³-hybridized carbons (Fsp3) is 0.250. The van der Waals surface area contributed by atoms with Gasteiger partial charge in [0.2, 0.25) is 0 Å². The van der Waals surface area contributed by atoms with Gasteiger partial charge in [0.1, 0.15) is 9.79 Å². The topological polar surface area (TPSA) is 86.7 Å². The van der Waals surface area contributed by atoms with Gasteiger partial charge in [-0.15, -0.1) is 0 Å². The Morgan fingerprint density at radius 3 is 1.38 bits per heavy atom. The van der Waals surface area contributed by atoms with Gasteiger partial charge in [0.25, 0.3) is 20.2 Å². The highest BCUT2D eigenvalue weighted by molar-refractivity contribution is 9.10. The molecule has 0 atom stereocenters. The molecule has 6 nitrogen and oxygen atoms in total. The van der Waals surface area contributed by atoms with Gasteiger partial charge in [-0.05, 0) is 81.1 Å². The molecule has 0 aliphatic carbocycles. The van der Waals surface area contributed by atoms with E-state index in [9.17, 15) is 16.8 Å². The molecule has 0 bridgehead atoms. The lowest BCUT2D eigenvalue weighted by atomic mass is 10.1. The van der Waals surface area contributed by atoms with Gasteiger partial charge >= 0.3 is 0 Å². The first-order valence-corrected chi connectivity index (χ1v) is 11.9. The summed E-state index contributed by atoms with van der Waals surface area (Å²) in [5.41, 5.74) is 1.04. The summed E-state index contributed by atoms with van der Waals surface area (Å²) in [4.78, 5) is -0.0667. The Balaban J connectivity index is 2.60. The molecule has 2 aromatic rings. The van der Waals surface area contributed by atoms with Crippen molar-refractivity contribution in [3.63, 3.8) is 0 Å². The summed E-state index contributed by atoms with van der Waals surface area (Å²) in [7, 11) is -7.85. The van der Waals surface area contributed by atoms with Crippen LogP contribution in [0.15, 0.2) is 55.1 Å². The van der Waals surface area contributed by atoms with Gasteiger partial charge in [-0.25, -0.2) is 0 Å². The number of benzene rings is 2. The molecule has 0 spiro atoms. The van der Waals surface area contributed by atoms with Crippen molar-refractivity contribution in [1.82, 2.24) is 0 Å². The summed E-state index contributed by atoms with van der Waals surface area (Å²) in [6, 6.07) is 9.34. The van der Waals surface area contributed by atoms with Crippen LogP contribution in [0.1, 0.15) is 13.8 Å². The molecule has 0 heterocycles. The molecule has 0 aromatic heterocycles. The third-order valence-corrected chi connectivity index (χ3v) is 8.03. The van der Waals surface area contributed by atoms with Crippen LogP contribution in [0, 0.1) is 0 Å². The average Bonchev–Trinajstić information content (AvgIpc) is 2.55. The van der Waals surface area contributed by atoms with Gasteiger partial charge in [-0.3, -0.25) is 8.37 Å². The van der Waals surface area contributed by atoms with Gasteiger partial charge < -0.3 is 0 Å². The molecule has 142 valence electrons. The zero-order valence-corrected chi connectivity index (χ0v) is 18.7. The minimum atomic E-state index is -3.93. The molecule has 0 saturated heterocycles. The van der Waals surface area contributed by atoms with Gasteiger partial charge in [-0.2, -0.15) is 16.8 Å². The Morgan fingerprint density at radius 2 is 1.08 bits per heavy atom. The summed E-state index contributed by atoms with van der Waals surface area (Å²) in [6.07, 6.45) is 0. The maximum atomic E-state index is 12.2.